The molecule has 1 saturated carbocycles. The van der Waals surface area contributed by atoms with Crippen molar-refractivity contribution in [3.8, 4) is 0 Å². The van der Waals surface area contributed by atoms with E-state index in [0.29, 0.717) is 6.04 Å². The van der Waals surface area contributed by atoms with Crippen molar-refractivity contribution in [3.05, 3.63) is 21.3 Å². The fourth-order valence-electron chi connectivity index (χ4n) is 2.38. The average Bonchev–Trinajstić information content (AvgIpc) is 2.56. The van der Waals surface area contributed by atoms with Crippen LogP contribution >= 0.6 is 22.9 Å². The van der Waals surface area contributed by atoms with Crippen LogP contribution in [0.25, 0.3) is 0 Å². The molecule has 1 aromatic heterocycles. The minimum Gasteiger partial charge on any atom is -0.309 e. The number of hydrogen-bond donors (Lipinski definition) is 1. The van der Waals surface area contributed by atoms with E-state index in [2.05, 4.69) is 18.3 Å². The summed E-state index contributed by atoms with van der Waals surface area (Å²) in [5.41, 5.74) is 0. The van der Waals surface area contributed by atoms with E-state index in [1.54, 1.807) is 11.3 Å². The Hall–Kier alpha value is -0.0500. The molecule has 0 aliphatic heterocycles. The van der Waals surface area contributed by atoms with Gasteiger partial charge in [0.15, 0.2) is 0 Å². The topological polar surface area (TPSA) is 12.0 Å². The smallest absolute Gasteiger partial charge is 0.0931 e. The summed E-state index contributed by atoms with van der Waals surface area (Å²) in [6, 6.07) is 4.82. The Labute approximate surface area is 107 Å². The fraction of sp³-hybridized carbons (Fsp3) is 0.692. The summed E-state index contributed by atoms with van der Waals surface area (Å²) < 4.78 is 0.895. The maximum absolute atomic E-state index is 5.92. The van der Waals surface area contributed by atoms with Crippen molar-refractivity contribution in [2.24, 2.45) is 5.92 Å². The predicted octanol–water partition coefficient (Wildman–Crippen LogP) is 4.46. The molecule has 0 bridgehead atoms. The third-order valence-corrected chi connectivity index (χ3v) is 4.68. The Kier molecular flexibility index (Phi) is 4.68. The lowest BCUT2D eigenvalue weighted by molar-refractivity contribution is 0.449. The zero-order valence-corrected chi connectivity index (χ0v) is 11.4. The van der Waals surface area contributed by atoms with Crippen LogP contribution < -0.4 is 5.32 Å². The van der Waals surface area contributed by atoms with Crippen LogP contribution in [-0.2, 0) is 6.54 Å². The second kappa shape index (κ2) is 6.04. The Bertz CT molecular complexity index is 323. The highest BCUT2D eigenvalue weighted by atomic mass is 35.5. The molecular weight excluding hydrogens is 238 g/mol. The standard InChI is InChI=1S/C13H20ClNS/c1-10-3-2-4-11(6-5-10)15-9-12-7-8-13(14)16-12/h7-8,10-11,15H,2-6,9H2,1H3. The number of rotatable bonds is 3. The summed E-state index contributed by atoms with van der Waals surface area (Å²) in [7, 11) is 0. The molecule has 1 N–H and O–H groups in total. The van der Waals surface area contributed by atoms with E-state index in [4.69, 9.17) is 11.6 Å². The van der Waals surface area contributed by atoms with E-state index in [1.807, 2.05) is 6.07 Å². The highest BCUT2D eigenvalue weighted by Crippen LogP contribution is 2.24. The predicted molar refractivity (Wildman–Crippen MR) is 72.2 cm³/mol. The maximum Gasteiger partial charge on any atom is 0.0931 e. The lowest BCUT2D eigenvalue weighted by Gasteiger charge is -2.15. The monoisotopic (exact) mass is 257 g/mol. The number of thiophene rings is 1. The Morgan fingerprint density at radius 1 is 1.31 bits per heavy atom. The van der Waals surface area contributed by atoms with Gasteiger partial charge in [0, 0.05) is 17.5 Å². The van der Waals surface area contributed by atoms with Crippen LogP contribution in [0.4, 0.5) is 0 Å². The van der Waals surface area contributed by atoms with Crippen LogP contribution in [0.15, 0.2) is 12.1 Å². The molecule has 90 valence electrons. The van der Waals surface area contributed by atoms with Crippen molar-refractivity contribution >= 4 is 22.9 Å². The van der Waals surface area contributed by atoms with Gasteiger partial charge in [-0.25, -0.2) is 0 Å². The van der Waals surface area contributed by atoms with Crippen LogP contribution in [0.1, 0.15) is 43.9 Å². The van der Waals surface area contributed by atoms with Crippen molar-refractivity contribution in [1.82, 2.24) is 5.32 Å². The van der Waals surface area contributed by atoms with Crippen molar-refractivity contribution in [2.75, 3.05) is 0 Å². The largest absolute Gasteiger partial charge is 0.309 e. The molecule has 2 atom stereocenters. The van der Waals surface area contributed by atoms with Gasteiger partial charge in [0.05, 0.1) is 4.34 Å². The van der Waals surface area contributed by atoms with E-state index in [0.717, 1.165) is 16.8 Å². The molecule has 16 heavy (non-hydrogen) atoms. The van der Waals surface area contributed by atoms with E-state index < -0.39 is 0 Å². The van der Waals surface area contributed by atoms with Gasteiger partial charge < -0.3 is 5.32 Å². The fourth-order valence-corrected chi connectivity index (χ4v) is 3.42. The molecule has 0 spiro atoms. The summed E-state index contributed by atoms with van der Waals surface area (Å²) in [5.74, 6) is 0.919. The third-order valence-electron chi connectivity index (χ3n) is 3.45. The molecule has 1 heterocycles. The van der Waals surface area contributed by atoms with Gasteiger partial charge in [-0.15, -0.1) is 11.3 Å². The lowest BCUT2D eigenvalue weighted by atomic mass is 10.0. The zero-order valence-electron chi connectivity index (χ0n) is 9.84. The van der Waals surface area contributed by atoms with Gasteiger partial charge in [-0.05, 0) is 37.3 Å². The molecule has 0 amide bonds. The average molecular weight is 258 g/mol. The van der Waals surface area contributed by atoms with Gasteiger partial charge in [0.2, 0.25) is 0 Å². The molecule has 2 rings (SSSR count). The first-order chi connectivity index (χ1) is 7.74. The Morgan fingerprint density at radius 3 is 2.94 bits per heavy atom. The molecule has 0 saturated heterocycles. The highest BCUT2D eigenvalue weighted by molar-refractivity contribution is 7.16. The Balaban J connectivity index is 1.77. The van der Waals surface area contributed by atoms with Crippen LogP contribution in [-0.4, -0.2) is 6.04 Å². The molecule has 0 aromatic carbocycles. The normalized spacial score (nSPS) is 26.6. The SMILES string of the molecule is CC1CCCC(NCc2ccc(Cl)s2)CC1. The Morgan fingerprint density at radius 2 is 2.19 bits per heavy atom. The van der Waals surface area contributed by atoms with E-state index in [-0.39, 0.29) is 0 Å². The van der Waals surface area contributed by atoms with Crippen LogP contribution in [0, 0.1) is 5.92 Å². The van der Waals surface area contributed by atoms with Gasteiger partial charge in [0.25, 0.3) is 0 Å². The van der Waals surface area contributed by atoms with Gasteiger partial charge in [0.1, 0.15) is 0 Å². The number of hydrogen-bond acceptors (Lipinski definition) is 2. The molecule has 1 aliphatic rings. The molecule has 3 heteroatoms. The van der Waals surface area contributed by atoms with Crippen molar-refractivity contribution < 1.29 is 0 Å². The highest BCUT2D eigenvalue weighted by Gasteiger charge is 2.15. The van der Waals surface area contributed by atoms with Crippen molar-refractivity contribution in [1.29, 1.82) is 0 Å². The van der Waals surface area contributed by atoms with Gasteiger partial charge >= 0.3 is 0 Å². The first-order valence-corrected chi connectivity index (χ1v) is 7.41. The molecule has 0 radical (unpaired) electrons. The quantitative estimate of drug-likeness (QED) is 0.789. The van der Waals surface area contributed by atoms with E-state index in [9.17, 15) is 0 Å². The van der Waals surface area contributed by atoms with Gasteiger partial charge in [-0.1, -0.05) is 31.4 Å². The van der Waals surface area contributed by atoms with Crippen molar-refractivity contribution in [2.45, 2.75) is 51.6 Å². The summed E-state index contributed by atoms with van der Waals surface area (Å²) in [6.45, 7) is 3.36. The first-order valence-electron chi connectivity index (χ1n) is 6.21. The van der Waals surface area contributed by atoms with Crippen molar-refractivity contribution in [3.63, 3.8) is 0 Å². The molecular formula is C13H20ClNS. The minimum atomic E-state index is 0.714. The van der Waals surface area contributed by atoms with Gasteiger partial charge in [-0.3, -0.25) is 0 Å². The van der Waals surface area contributed by atoms with Crippen LogP contribution in [0.3, 0.4) is 0 Å². The third kappa shape index (κ3) is 3.76. The summed E-state index contributed by atoms with van der Waals surface area (Å²) >= 11 is 7.60. The van der Waals surface area contributed by atoms with E-state index >= 15 is 0 Å². The van der Waals surface area contributed by atoms with E-state index in [1.165, 1.54) is 37.0 Å². The minimum absolute atomic E-state index is 0.714. The number of nitrogens with one attached hydrogen (secondary N) is 1. The second-order valence-electron chi connectivity index (χ2n) is 4.90. The second-order valence-corrected chi connectivity index (χ2v) is 6.70. The first kappa shape index (κ1) is 12.4. The molecule has 2 unspecified atom stereocenters. The summed E-state index contributed by atoms with van der Waals surface area (Å²) in [5, 5.41) is 3.66. The number of halogens is 1. The van der Waals surface area contributed by atoms with Crippen LogP contribution in [0.2, 0.25) is 4.34 Å². The zero-order chi connectivity index (χ0) is 11.4. The summed E-state index contributed by atoms with van der Waals surface area (Å²) in [6.07, 6.45) is 6.83. The molecule has 1 aromatic rings. The molecule has 1 fully saturated rings. The van der Waals surface area contributed by atoms with Crippen LogP contribution in [0.5, 0.6) is 0 Å². The molecule has 1 nitrogen and oxygen atoms in total. The maximum atomic E-state index is 5.92. The summed E-state index contributed by atoms with van der Waals surface area (Å²) in [4.78, 5) is 1.35. The lowest BCUT2D eigenvalue weighted by Crippen LogP contribution is -2.27. The molecule has 1 aliphatic carbocycles. The van der Waals surface area contributed by atoms with Gasteiger partial charge in [-0.2, -0.15) is 0 Å².